The molecule has 2 aliphatic rings. The second kappa shape index (κ2) is 11.8. The molecule has 2 aromatic rings. The second-order valence-electron chi connectivity index (χ2n) is 11.2. The quantitative estimate of drug-likeness (QED) is 0.292. The highest BCUT2D eigenvalue weighted by atomic mass is 79.9. The highest BCUT2D eigenvalue weighted by Crippen LogP contribution is 2.47. The number of piperidine rings is 1. The Morgan fingerprint density at radius 1 is 1.16 bits per heavy atom. The maximum Gasteiger partial charge on any atom is 0.309 e. The molecule has 8 heteroatoms. The van der Waals surface area contributed by atoms with Gasteiger partial charge in [0.05, 0.1) is 11.5 Å². The van der Waals surface area contributed by atoms with E-state index in [1.165, 1.54) is 0 Å². The average Bonchev–Trinajstić information content (AvgIpc) is 2.84. The lowest BCUT2D eigenvalue weighted by molar-refractivity contribution is -0.184. The zero-order valence-corrected chi connectivity index (χ0v) is 24.4. The van der Waals surface area contributed by atoms with Crippen molar-refractivity contribution in [1.82, 2.24) is 4.90 Å². The molecule has 204 valence electrons. The number of halogens is 2. The Labute approximate surface area is 238 Å². The molecule has 1 saturated carbocycles. The van der Waals surface area contributed by atoms with Gasteiger partial charge in [0, 0.05) is 39.8 Å². The molecule has 1 amide bonds. The van der Waals surface area contributed by atoms with E-state index >= 15 is 0 Å². The Hall–Kier alpha value is -2.35. The Balaban J connectivity index is 1.30. The van der Waals surface area contributed by atoms with E-state index in [4.69, 9.17) is 21.1 Å². The van der Waals surface area contributed by atoms with E-state index in [1.54, 1.807) is 12.2 Å². The minimum atomic E-state index is -0.850. The molecule has 1 heterocycles. The third-order valence-electron chi connectivity index (χ3n) is 7.22. The molecule has 2 fully saturated rings. The van der Waals surface area contributed by atoms with Gasteiger partial charge < -0.3 is 19.5 Å². The third-order valence-corrected chi connectivity index (χ3v) is 8.09. The van der Waals surface area contributed by atoms with E-state index in [9.17, 15) is 14.7 Å². The molecule has 0 spiro atoms. The molecule has 0 bridgehead atoms. The summed E-state index contributed by atoms with van der Waals surface area (Å²) in [4.78, 5) is 27.1. The molecule has 1 aliphatic carbocycles. The summed E-state index contributed by atoms with van der Waals surface area (Å²) >= 11 is 9.75. The van der Waals surface area contributed by atoms with Crippen molar-refractivity contribution in [3.63, 3.8) is 0 Å². The Kier molecular flexibility index (Phi) is 8.90. The maximum atomic E-state index is 13.0. The molecule has 0 unspecified atom stereocenters. The van der Waals surface area contributed by atoms with E-state index in [0.717, 1.165) is 15.6 Å². The Morgan fingerprint density at radius 2 is 1.84 bits per heavy atom. The SMILES string of the molecule is CC(C)(C)OC(=O)C1CC(O)(C2CCN(C(=O)/C=C/c3cc(Br)ccc3OCc3ccccc3Cl)CC2)C1. The third kappa shape index (κ3) is 7.19. The fraction of sp³-hybridized carbons (Fsp3) is 0.467. The van der Waals surface area contributed by atoms with E-state index in [1.807, 2.05) is 68.1 Å². The number of hydrogen-bond donors (Lipinski definition) is 1. The van der Waals surface area contributed by atoms with Crippen LogP contribution in [0, 0.1) is 11.8 Å². The normalized spacial score (nSPS) is 22.3. The minimum absolute atomic E-state index is 0.0732. The summed E-state index contributed by atoms with van der Waals surface area (Å²) in [5, 5.41) is 11.7. The fourth-order valence-electron chi connectivity index (χ4n) is 5.13. The van der Waals surface area contributed by atoms with Crippen molar-refractivity contribution < 1.29 is 24.2 Å². The van der Waals surface area contributed by atoms with Crippen LogP contribution in [0.25, 0.3) is 6.08 Å². The van der Waals surface area contributed by atoms with Crippen molar-refractivity contribution in [3.05, 3.63) is 69.2 Å². The van der Waals surface area contributed by atoms with Gasteiger partial charge in [0.15, 0.2) is 0 Å². The molecular formula is C30H35BrClNO5. The topological polar surface area (TPSA) is 76.1 Å². The maximum absolute atomic E-state index is 13.0. The summed E-state index contributed by atoms with van der Waals surface area (Å²) in [6, 6.07) is 13.2. The van der Waals surface area contributed by atoms with Gasteiger partial charge in [-0.3, -0.25) is 9.59 Å². The highest BCUT2D eigenvalue weighted by molar-refractivity contribution is 9.10. The van der Waals surface area contributed by atoms with E-state index in [-0.39, 0.29) is 23.7 Å². The summed E-state index contributed by atoms with van der Waals surface area (Å²) in [6.07, 6.45) is 5.62. The van der Waals surface area contributed by atoms with Gasteiger partial charge in [-0.1, -0.05) is 45.7 Å². The van der Waals surface area contributed by atoms with Crippen LogP contribution in [-0.2, 0) is 20.9 Å². The molecule has 0 atom stereocenters. The first kappa shape index (κ1) is 28.7. The number of esters is 1. The summed E-state index contributed by atoms with van der Waals surface area (Å²) in [5.41, 5.74) is 0.294. The molecule has 1 N–H and O–H groups in total. The summed E-state index contributed by atoms with van der Waals surface area (Å²) in [6.45, 7) is 7.01. The summed E-state index contributed by atoms with van der Waals surface area (Å²) in [5.74, 6) is 0.170. The van der Waals surface area contributed by atoms with Crippen molar-refractivity contribution in [3.8, 4) is 5.75 Å². The van der Waals surface area contributed by atoms with Gasteiger partial charge in [-0.05, 0) is 82.7 Å². The number of aliphatic hydroxyl groups is 1. The lowest BCUT2D eigenvalue weighted by Gasteiger charge is -2.50. The molecule has 1 saturated heterocycles. The Bertz CT molecular complexity index is 1190. The number of amides is 1. The Morgan fingerprint density at radius 3 is 2.50 bits per heavy atom. The largest absolute Gasteiger partial charge is 0.488 e. The van der Waals surface area contributed by atoms with Gasteiger partial charge in [-0.15, -0.1) is 0 Å². The van der Waals surface area contributed by atoms with Gasteiger partial charge in [-0.25, -0.2) is 0 Å². The molecule has 38 heavy (non-hydrogen) atoms. The zero-order chi connectivity index (χ0) is 27.5. The van der Waals surface area contributed by atoms with Gasteiger partial charge in [-0.2, -0.15) is 0 Å². The van der Waals surface area contributed by atoms with Crippen LogP contribution < -0.4 is 4.74 Å². The van der Waals surface area contributed by atoms with Crippen molar-refractivity contribution in [2.45, 2.75) is 64.3 Å². The number of rotatable bonds is 7. The second-order valence-corrected chi connectivity index (χ2v) is 12.6. The predicted octanol–water partition coefficient (Wildman–Crippen LogP) is 6.42. The number of carbonyl (C=O) groups is 2. The van der Waals surface area contributed by atoms with Gasteiger partial charge in [0.1, 0.15) is 18.0 Å². The highest BCUT2D eigenvalue weighted by Gasteiger charge is 2.52. The monoisotopic (exact) mass is 603 g/mol. The van der Waals surface area contributed by atoms with Gasteiger partial charge in [0.25, 0.3) is 0 Å². The van der Waals surface area contributed by atoms with Crippen LogP contribution in [0.4, 0.5) is 0 Å². The first-order chi connectivity index (χ1) is 17.9. The average molecular weight is 605 g/mol. The summed E-state index contributed by atoms with van der Waals surface area (Å²) in [7, 11) is 0. The molecule has 1 aliphatic heterocycles. The van der Waals surface area contributed by atoms with Crippen molar-refractivity contribution >= 4 is 45.5 Å². The minimum Gasteiger partial charge on any atom is -0.488 e. The van der Waals surface area contributed by atoms with E-state index < -0.39 is 11.2 Å². The van der Waals surface area contributed by atoms with Crippen molar-refractivity contribution in [2.75, 3.05) is 13.1 Å². The van der Waals surface area contributed by atoms with Gasteiger partial charge >= 0.3 is 5.97 Å². The number of benzene rings is 2. The van der Waals surface area contributed by atoms with Crippen LogP contribution in [0.5, 0.6) is 5.75 Å². The van der Waals surface area contributed by atoms with Crippen LogP contribution in [0.2, 0.25) is 5.02 Å². The first-order valence-corrected chi connectivity index (χ1v) is 14.2. The standard InChI is InChI=1S/C30H35BrClNO5/c1-29(2,3)38-28(35)22-17-30(36,18-22)23-12-14-33(15-13-23)27(34)11-8-20-16-24(31)9-10-26(20)37-19-21-6-4-5-7-25(21)32/h4-11,16,22-23,36H,12-15,17-19H2,1-3H3/b11-8+. The van der Waals surface area contributed by atoms with Crippen molar-refractivity contribution in [1.29, 1.82) is 0 Å². The van der Waals surface area contributed by atoms with Crippen LogP contribution >= 0.6 is 27.5 Å². The van der Waals surface area contributed by atoms with E-state index in [0.29, 0.717) is 56.2 Å². The molecule has 0 radical (unpaired) electrons. The fourth-order valence-corrected chi connectivity index (χ4v) is 5.70. The zero-order valence-electron chi connectivity index (χ0n) is 22.1. The van der Waals surface area contributed by atoms with Crippen LogP contribution in [0.3, 0.4) is 0 Å². The molecular weight excluding hydrogens is 570 g/mol. The van der Waals surface area contributed by atoms with Gasteiger partial charge in [0.2, 0.25) is 5.91 Å². The molecule has 2 aromatic carbocycles. The number of carbonyl (C=O) groups excluding carboxylic acids is 2. The van der Waals surface area contributed by atoms with Crippen molar-refractivity contribution in [2.24, 2.45) is 11.8 Å². The number of likely N-dealkylation sites (tertiary alicyclic amines) is 1. The number of nitrogens with zero attached hydrogens (tertiary/aromatic N) is 1. The number of ether oxygens (including phenoxy) is 2. The first-order valence-electron chi connectivity index (χ1n) is 13.0. The number of hydrogen-bond acceptors (Lipinski definition) is 5. The smallest absolute Gasteiger partial charge is 0.309 e. The molecule has 0 aromatic heterocycles. The lowest BCUT2D eigenvalue weighted by atomic mass is 9.62. The lowest BCUT2D eigenvalue weighted by Crippen LogP contribution is -2.55. The van der Waals surface area contributed by atoms with Crippen LogP contribution in [0.1, 0.15) is 57.6 Å². The predicted molar refractivity (Wildman–Crippen MR) is 152 cm³/mol. The molecule has 4 rings (SSSR count). The molecule has 6 nitrogen and oxygen atoms in total. The van der Waals surface area contributed by atoms with Crippen LogP contribution in [-0.4, -0.2) is 46.2 Å². The van der Waals surface area contributed by atoms with Crippen LogP contribution in [0.15, 0.2) is 53.0 Å². The summed E-state index contributed by atoms with van der Waals surface area (Å²) < 4.78 is 12.4. The van der Waals surface area contributed by atoms with E-state index in [2.05, 4.69) is 15.9 Å².